The van der Waals surface area contributed by atoms with Gasteiger partial charge in [0.25, 0.3) is 0 Å². The maximum atomic E-state index is 5.61. The van der Waals surface area contributed by atoms with Crippen LogP contribution in [-0.4, -0.2) is 21.7 Å². The Morgan fingerprint density at radius 1 is 1.29 bits per heavy atom. The number of methoxy groups -OCH3 is 1. The molecule has 0 saturated heterocycles. The molecule has 0 bridgehead atoms. The van der Waals surface area contributed by atoms with Crippen molar-refractivity contribution in [2.24, 2.45) is 0 Å². The highest BCUT2D eigenvalue weighted by atomic mass is 16.5. The molecule has 21 heavy (non-hydrogen) atoms. The highest BCUT2D eigenvalue weighted by Crippen LogP contribution is 2.18. The minimum absolute atomic E-state index is 0.279. The van der Waals surface area contributed by atoms with Gasteiger partial charge in [-0.15, -0.1) is 5.10 Å². The summed E-state index contributed by atoms with van der Waals surface area (Å²) in [7, 11) is 1.66. The first kappa shape index (κ1) is 13.2. The Morgan fingerprint density at radius 3 is 2.76 bits per heavy atom. The lowest BCUT2D eigenvalue weighted by Gasteiger charge is -2.10. The van der Waals surface area contributed by atoms with Crippen LogP contribution in [0.4, 0.5) is 11.6 Å². The molecule has 3 aromatic rings. The Balaban J connectivity index is 1.78. The van der Waals surface area contributed by atoms with Gasteiger partial charge in [0, 0.05) is 6.54 Å². The van der Waals surface area contributed by atoms with Crippen LogP contribution in [0.1, 0.15) is 11.1 Å². The van der Waals surface area contributed by atoms with Gasteiger partial charge < -0.3 is 15.8 Å². The first-order chi connectivity index (χ1) is 10.2. The van der Waals surface area contributed by atoms with E-state index in [1.54, 1.807) is 11.6 Å². The number of nitrogens with one attached hydrogen (secondary N) is 1. The molecule has 0 atom stereocenters. The van der Waals surface area contributed by atoms with Gasteiger partial charge in [-0.3, -0.25) is 0 Å². The maximum Gasteiger partial charge on any atom is 0.240 e. The van der Waals surface area contributed by atoms with Crippen LogP contribution in [0.15, 0.2) is 36.5 Å². The van der Waals surface area contributed by atoms with Crippen molar-refractivity contribution in [1.29, 1.82) is 0 Å². The molecule has 2 aromatic heterocycles. The second-order valence-electron chi connectivity index (χ2n) is 4.84. The van der Waals surface area contributed by atoms with Gasteiger partial charge in [-0.1, -0.05) is 12.1 Å². The third-order valence-corrected chi connectivity index (χ3v) is 3.34. The molecule has 0 radical (unpaired) electrons. The van der Waals surface area contributed by atoms with E-state index in [9.17, 15) is 0 Å². The number of nitrogens with zero attached hydrogens (tertiary/aromatic N) is 3. The molecule has 108 valence electrons. The van der Waals surface area contributed by atoms with Gasteiger partial charge in [0.05, 0.1) is 19.0 Å². The first-order valence-corrected chi connectivity index (χ1v) is 6.65. The Kier molecular flexibility index (Phi) is 3.35. The maximum absolute atomic E-state index is 5.61. The average molecular weight is 283 g/mol. The number of benzene rings is 1. The third-order valence-electron chi connectivity index (χ3n) is 3.34. The highest BCUT2D eigenvalue weighted by molar-refractivity contribution is 5.57. The Hall–Kier alpha value is -2.76. The fraction of sp³-hybridized carbons (Fsp3) is 0.200. The highest BCUT2D eigenvalue weighted by Gasteiger charge is 2.05. The van der Waals surface area contributed by atoms with E-state index in [4.69, 9.17) is 10.5 Å². The van der Waals surface area contributed by atoms with Crippen LogP contribution >= 0.6 is 0 Å². The number of fused-ring (bicyclic) bond motifs is 1. The standard InChI is InChI=1S/C15H17N5O/c1-10-7-14-18-15(16)19-20(14)9-13(10)17-8-11-3-5-12(21-2)6-4-11/h3-7,9,17H,8H2,1-2H3,(H2,16,19). The molecule has 6 nitrogen and oxygen atoms in total. The number of aryl methyl sites for hydroxylation is 1. The smallest absolute Gasteiger partial charge is 0.240 e. The van der Waals surface area contributed by atoms with E-state index in [0.29, 0.717) is 0 Å². The van der Waals surface area contributed by atoms with Crippen LogP contribution in [0.3, 0.4) is 0 Å². The van der Waals surface area contributed by atoms with Crippen molar-refractivity contribution in [1.82, 2.24) is 14.6 Å². The number of hydrogen-bond acceptors (Lipinski definition) is 5. The number of anilines is 2. The molecular formula is C15H17N5O. The van der Waals surface area contributed by atoms with Crippen molar-refractivity contribution >= 4 is 17.3 Å². The van der Waals surface area contributed by atoms with E-state index in [1.165, 1.54) is 5.56 Å². The molecule has 2 heterocycles. The molecule has 0 aliphatic heterocycles. The number of rotatable bonds is 4. The number of aromatic nitrogens is 3. The van der Waals surface area contributed by atoms with Gasteiger partial charge in [0.2, 0.25) is 5.95 Å². The summed E-state index contributed by atoms with van der Waals surface area (Å²) in [6, 6.07) is 9.93. The summed E-state index contributed by atoms with van der Waals surface area (Å²) in [4.78, 5) is 4.14. The summed E-state index contributed by atoms with van der Waals surface area (Å²) in [5.74, 6) is 1.14. The molecular weight excluding hydrogens is 266 g/mol. The van der Waals surface area contributed by atoms with E-state index in [2.05, 4.69) is 15.4 Å². The fourth-order valence-corrected chi connectivity index (χ4v) is 2.17. The molecule has 3 rings (SSSR count). The van der Waals surface area contributed by atoms with E-state index < -0.39 is 0 Å². The summed E-state index contributed by atoms with van der Waals surface area (Å²) < 4.78 is 6.83. The van der Waals surface area contributed by atoms with E-state index >= 15 is 0 Å². The van der Waals surface area contributed by atoms with Crippen LogP contribution in [0, 0.1) is 6.92 Å². The van der Waals surface area contributed by atoms with Crippen molar-refractivity contribution in [2.45, 2.75) is 13.5 Å². The van der Waals surface area contributed by atoms with Gasteiger partial charge in [-0.05, 0) is 36.2 Å². The number of hydrogen-bond donors (Lipinski definition) is 2. The molecule has 0 fully saturated rings. The molecule has 0 aliphatic carbocycles. The van der Waals surface area contributed by atoms with Crippen LogP contribution in [-0.2, 0) is 6.54 Å². The molecule has 0 spiro atoms. The topological polar surface area (TPSA) is 77.5 Å². The van der Waals surface area contributed by atoms with Crippen molar-refractivity contribution in [3.63, 3.8) is 0 Å². The van der Waals surface area contributed by atoms with Gasteiger partial charge in [0.15, 0.2) is 5.65 Å². The summed E-state index contributed by atoms with van der Waals surface area (Å²) in [6.07, 6.45) is 1.90. The quantitative estimate of drug-likeness (QED) is 0.768. The lowest BCUT2D eigenvalue weighted by Crippen LogP contribution is -2.03. The third kappa shape index (κ3) is 2.74. The van der Waals surface area contributed by atoms with Crippen molar-refractivity contribution in [3.8, 4) is 5.75 Å². The van der Waals surface area contributed by atoms with Crippen LogP contribution < -0.4 is 15.8 Å². The van der Waals surface area contributed by atoms with E-state index in [-0.39, 0.29) is 5.95 Å². The molecule has 0 aliphatic rings. The summed E-state index contributed by atoms with van der Waals surface area (Å²) in [6.45, 7) is 2.75. The Morgan fingerprint density at radius 2 is 2.05 bits per heavy atom. The molecule has 0 amide bonds. The average Bonchev–Trinajstić information content (AvgIpc) is 2.84. The Bertz CT molecular complexity index is 764. The van der Waals surface area contributed by atoms with E-state index in [0.717, 1.165) is 29.2 Å². The molecule has 0 unspecified atom stereocenters. The first-order valence-electron chi connectivity index (χ1n) is 6.65. The van der Waals surface area contributed by atoms with Crippen LogP contribution in [0.25, 0.3) is 5.65 Å². The second-order valence-corrected chi connectivity index (χ2v) is 4.84. The van der Waals surface area contributed by atoms with Crippen LogP contribution in [0.5, 0.6) is 5.75 Å². The zero-order valence-electron chi connectivity index (χ0n) is 12.0. The number of nitrogen functional groups attached to an aromatic ring is 1. The SMILES string of the molecule is COc1ccc(CNc2cn3nc(N)nc3cc2C)cc1. The van der Waals surface area contributed by atoms with Crippen molar-refractivity contribution in [2.75, 3.05) is 18.2 Å². The second kappa shape index (κ2) is 5.32. The van der Waals surface area contributed by atoms with E-state index in [1.807, 2.05) is 43.5 Å². The van der Waals surface area contributed by atoms with Gasteiger partial charge in [-0.2, -0.15) is 4.98 Å². The molecule has 6 heteroatoms. The van der Waals surface area contributed by atoms with Crippen molar-refractivity contribution in [3.05, 3.63) is 47.7 Å². The lowest BCUT2D eigenvalue weighted by molar-refractivity contribution is 0.414. The molecule has 3 N–H and O–H groups in total. The fourth-order valence-electron chi connectivity index (χ4n) is 2.17. The predicted octanol–water partition coefficient (Wildman–Crippen LogP) is 2.24. The monoisotopic (exact) mass is 283 g/mol. The Labute approximate surface area is 122 Å². The van der Waals surface area contributed by atoms with Gasteiger partial charge in [-0.25, -0.2) is 4.52 Å². The normalized spacial score (nSPS) is 10.8. The van der Waals surface area contributed by atoms with Gasteiger partial charge in [0.1, 0.15) is 5.75 Å². The zero-order valence-corrected chi connectivity index (χ0v) is 12.0. The van der Waals surface area contributed by atoms with Gasteiger partial charge >= 0.3 is 0 Å². The van der Waals surface area contributed by atoms with Crippen LogP contribution in [0.2, 0.25) is 0 Å². The lowest BCUT2D eigenvalue weighted by atomic mass is 10.2. The predicted molar refractivity (Wildman–Crippen MR) is 82.5 cm³/mol. The minimum atomic E-state index is 0.279. The molecule has 1 aromatic carbocycles. The molecule has 0 saturated carbocycles. The minimum Gasteiger partial charge on any atom is -0.497 e. The zero-order chi connectivity index (χ0) is 14.8. The number of pyridine rings is 1. The number of nitrogens with two attached hydrogens (primary N) is 1. The largest absolute Gasteiger partial charge is 0.497 e. The summed E-state index contributed by atoms with van der Waals surface area (Å²) in [5, 5.41) is 7.52. The number of ether oxygens (including phenoxy) is 1. The van der Waals surface area contributed by atoms with Crippen molar-refractivity contribution < 1.29 is 4.74 Å². The summed E-state index contributed by atoms with van der Waals surface area (Å²) in [5.41, 5.74) is 9.64. The summed E-state index contributed by atoms with van der Waals surface area (Å²) >= 11 is 0.